The molecule has 0 radical (unpaired) electrons. The van der Waals surface area contributed by atoms with E-state index >= 15 is 0 Å². The topological polar surface area (TPSA) is 42.2 Å². The molecule has 0 unspecified atom stereocenters. The van der Waals surface area contributed by atoms with Crippen LogP contribution in [0.3, 0.4) is 0 Å². The second kappa shape index (κ2) is 5.98. The molecule has 0 aliphatic rings. The number of pyridine rings is 1. The van der Waals surface area contributed by atoms with Crippen LogP contribution in [-0.4, -0.2) is 21.9 Å². The summed E-state index contributed by atoms with van der Waals surface area (Å²) in [5, 5.41) is 3.10. The average Bonchev–Trinajstić information content (AvgIpc) is 3.10. The van der Waals surface area contributed by atoms with Crippen molar-refractivity contribution in [2.24, 2.45) is 0 Å². The van der Waals surface area contributed by atoms with E-state index in [0.29, 0.717) is 0 Å². The van der Waals surface area contributed by atoms with Crippen LogP contribution in [0.5, 0.6) is 0 Å². The van der Waals surface area contributed by atoms with Crippen LogP contribution >= 0.6 is 11.3 Å². The van der Waals surface area contributed by atoms with E-state index in [9.17, 15) is 0 Å². The summed E-state index contributed by atoms with van der Waals surface area (Å²) in [6.45, 7) is 1.69. The maximum absolute atomic E-state index is 5.09. The van der Waals surface area contributed by atoms with Gasteiger partial charge in [0.05, 0.1) is 12.0 Å². The maximum Gasteiger partial charge on any atom is 0.126 e. The molecule has 0 N–H and O–H groups in total. The molecule has 3 aromatic heterocycles. The molecule has 102 valence electrons. The van der Waals surface area contributed by atoms with E-state index in [1.54, 1.807) is 30.1 Å². The minimum Gasteiger partial charge on any atom is -0.472 e. The molecule has 0 fully saturated rings. The van der Waals surface area contributed by atoms with Crippen LogP contribution in [0.15, 0.2) is 52.9 Å². The van der Waals surface area contributed by atoms with Gasteiger partial charge in [0, 0.05) is 36.4 Å². The summed E-state index contributed by atoms with van der Waals surface area (Å²) >= 11 is 1.65. The average molecular weight is 285 g/mol. The normalized spacial score (nSPS) is 11.1. The van der Waals surface area contributed by atoms with Gasteiger partial charge in [-0.25, -0.2) is 4.98 Å². The van der Waals surface area contributed by atoms with E-state index in [2.05, 4.69) is 33.4 Å². The monoisotopic (exact) mass is 285 g/mol. The van der Waals surface area contributed by atoms with Gasteiger partial charge in [0.25, 0.3) is 0 Å². The van der Waals surface area contributed by atoms with Crippen LogP contribution in [-0.2, 0) is 13.1 Å². The SMILES string of the molecule is CN(Cc1cccnc1)Cc1csc(-c2ccoc2)n1. The van der Waals surface area contributed by atoms with Gasteiger partial charge in [0.1, 0.15) is 11.3 Å². The van der Waals surface area contributed by atoms with E-state index in [0.717, 1.165) is 29.4 Å². The van der Waals surface area contributed by atoms with E-state index in [4.69, 9.17) is 4.42 Å². The first-order chi connectivity index (χ1) is 9.81. The van der Waals surface area contributed by atoms with Gasteiger partial charge in [-0.05, 0) is 24.7 Å². The van der Waals surface area contributed by atoms with E-state index in [1.165, 1.54) is 5.56 Å². The molecule has 0 spiro atoms. The second-order valence-electron chi connectivity index (χ2n) is 4.69. The van der Waals surface area contributed by atoms with Crippen molar-refractivity contribution in [2.75, 3.05) is 7.05 Å². The quantitative estimate of drug-likeness (QED) is 0.720. The van der Waals surface area contributed by atoms with E-state index in [-0.39, 0.29) is 0 Å². The Morgan fingerprint density at radius 2 is 2.25 bits per heavy atom. The van der Waals surface area contributed by atoms with Gasteiger partial charge in [0.15, 0.2) is 0 Å². The largest absolute Gasteiger partial charge is 0.472 e. The van der Waals surface area contributed by atoms with Gasteiger partial charge in [-0.15, -0.1) is 11.3 Å². The number of furan rings is 1. The molecule has 0 amide bonds. The Morgan fingerprint density at radius 3 is 3.00 bits per heavy atom. The summed E-state index contributed by atoms with van der Waals surface area (Å²) in [5.41, 5.74) is 3.33. The number of aromatic nitrogens is 2. The molecule has 3 rings (SSSR count). The Bertz CT molecular complexity index is 649. The summed E-state index contributed by atoms with van der Waals surface area (Å²) in [5.74, 6) is 0. The van der Waals surface area contributed by atoms with Crippen LogP contribution in [0.1, 0.15) is 11.3 Å². The van der Waals surface area contributed by atoms with E-state index < -0.39 is 0 Å². The molecular formula is C15H15N3OS. The Balaban J connectivity index is 1.63. The molecule has 0 aliphatic carbocycles. The fraction of sp³-hybridized carbons (Fsp3) is 0.200. The van der Waals surface area contributed by atoms with Crippen molar-refractivity contribution in [3.63, 3.8) is 0 Å². The van der Waals surface area contributed by atoms with Crippen molar-refractivity contribution in [3.8, 4) is 10.6 Å². The van der Waals surface area contributed by atoms with Gasteiger partial charge in [-0.2, -0.15) is 0 Å². The molecule has 0 aromatic carbocycles. The molecule has 3 heterocycles. The first kappa shape index (κ1) is 13.0. The highest BCUT2D eigenvalue weighted by Gasteiger charge is 2.08. The molecule has 20 heavy (non-hydrogen) atoms. The molecule has 0 aliphatic heterocycles. The third-order valence-corrected chi connectivity index (χ3v) is 3.87. The third-order valence-electron chi connectivity index (χ3n) is 2.93. The lowest BCUT2D eigenvalue weighted by Gasteiger charge is -2.14. The van der Waals surface area contributed by atoms with Gasteiger partial charge in [0.2, 0.25) is 0 Å². The van der Waals surface area contributed by atoms with Crippen molar-refractivity contribution in [2.45, 2.75) is 13.1 Å². The number of thiazole rings is 1. The van der Waals surface area contributed by atoms with Crippen molar-refractivity contribution in [3.05, 3.63) is 59.8 Å². The molecular weight excluding hydrogens is 270 g/mol. The molecule has 4 nitrogen and oxygen atoms in total. The van der Waals surface area contributed by atoms with Crippen LogP contribution in [0.25, 0.3) is 10.6 Å². The number of hydrogen-bond donors (Lipinski definition) is 0. The van der Waals surface area contributed by atoms with Gasteiger partial charge in [-0.1, -0.05) is 6.07 Å². The van der Waals surface area contributed by atoms with Crippen LogP contribution in [0.4, 0.5) is 0 Å². The van der Waals surface area contributed by atoms with Crippen LogP contribution < -0.4 is 0 Å². The Hall–Kier alpha value is -1.98. The lowest BCUT2D eigenvalue weighted by atomic mass is 10.2. The second-order valence-corrected chi connectivity index (χ2v) is 5.55. The standard InChI is InChI=1S/C15H15N3OS/c1-18(8-12-3-2-5-16-7-12)9-14-11-20-15(17-14)13-4-6-19-10-13/h2-7,10-11H,8-9H2,1H3. The Morgan fingerprint density at radius 1 is 1.30 bits per heavy atom. The summed E-state index contributed by atoms with van der Waals surface area (Å²) < 4.78 is 5.09. The highest BCUT2D eigenvalue weighted by Crippen LogP contribution is 2.24. The van der Waals surface area contributed by atoms with Crippen LogP contribution in [0.2, 0.25) is 0 Å². The lowest BCUT2D eigenvalue weighted by Crippen LogP contribution is -2.17. The smallest absolute Gasteiger partial charge is 0.126 e. The minimum absolute atomic E-state index is 0.823. The maximum atomic E-state index is 5.09. The van der Waals surface area contributed by atoms with Gasteiger partial charge < -0.3 is 4.42 Å². The zero-order valence-electron chi connectivity index (χ0n) is 11.2. The Kier molecular flexibility index (Phi) is 3.90. The summed E-state index contributed by atoms with van der Waals surface area (Å²) in [6, 6.07) is 5.98. The Labute approximate surface area is 121 Å². The van der Waals surface area contributed by atoms with Crippen molar-refractivity contribution in [1.82, 2.24) is 14.9 Å². The third kappa shape index (κ3) is 3.12. The molecule has 0 atom stereocenters. The number of nitrogens with zero attached hydrogens (tertiary/aromatic N) is 3. The summed E-state index contributed by atoms with van der Waals surface area (Å²) in [6.07, 6.45) is 7.09. The minimum atomic E-state index is 0.823. The molecule has 0 saturated carbocycles. The van der Waals surface area contributed by atoms with Gasteiger partial charge >= 0.3 is 0 Å². The zero-order chi connectivity index (χ0) is 13.8. The summed E-state index contributed by atoms with van der Waals surface area (Å²) in [7, 11) is 2.09. The first-order valence-corrected chi connectivity index (χ1v) is 7.23. The molecule has 0 bridgehead atoms. The van der Waals surface area contributed by atoms with Crippen molar-refractivity contribution < 1.29 is 4.42 Å². The fourth-order valence-corrected chi connectivity index (χ4v) is 2.83. The van der Waals surface area contributed by atoms with Crippen molar-refractivity contribution in [1.29, 1.82) is 0 Å². The van der Waals surface area contributed by atoms with Crippen LogP contribution in [0, 0.1) is 0 Å². The molecule has 0 saturated heterocycles. The molecule has 5 heteroatoms. The summed E-state index contributed by atoms with van der Waals surface area (Å²) in [4.78, 5) is 11.0. The number of hydrogen-bond acceptors (Lipinski definition) is 5. The highest BCUT2D eigenvalue weighted by molar-refractivity contribution is 7.13. The number of rotatable bonds is 5. The zero-order valence-corrected chi connectivity index (χ0v) is 12.0. The van der Waals surface area contributed by atoms with E-state index in [1.807, 2.05) is 18.3 Å². The first-order valence-electron chi connectivity index (χ1n) is 6.35. The van der Waals surface area contributed by atoms with Gasteiger partial charge in [-0.3, -0.25) is 9.88 Å². The highest BCUT2D eigenvalue weighted by atomic mass is 32.1. The predicted octanol–water partition coefficient (Wildman–Crippen LogP) is 3.43. The predicted molar refractivity (Wildman–Crippen MR) is 79.2 cm³/mol. The lowest BCUT2D eigenvalue weighted by molar-refractivity contribution is 0.315. The van der Waals surface area contributed by atoms with Crippen molar-refractivity contribution >= 4 is 11.3 Å². The fourth-order valence-electron chi connectivity index (χ4n) is 2.03. The molecule has 3 aromatic rings.